The molecule has 0 N–H and O–H groups in total. The Morgan fingerprint density at radius 3 is 2.41 bits per heavy atom. The number of halogens is 4. The first-order valence-electron chi connectivity index (χ1n) is 8.56. The van der Waals surface area contributed by atoms with Crippen LogP contribution >= 0.6 is 11.6 Å². The zero-order valence-corrected chi connectivity index (χ0v) is 16.0. The van der Waals surface area contributed by atoms with E-state index in [9.17, 15) is 22.8 Å². The zero-order chi connectivity index (χ0) is 21.2. The summed E-state index contributed by atoms with van der Waals surface area (Å²) in [5, 5.41) is -0.190. The van der Waals surface area contributed by atoms with E-state index in [-0.39, 0.29) is 22.7 Å². The molecule has 0 aliphatic carbocycles. The number of nitrogens with zero attached hydrogens (tertiary/aromatic N) is 2. The summed E-state index contributed by atoms with van der Waals surface area (Å²) in [6.07, 6.45) is -3.19. The number of rotatable bonds is 4. The fraction of sp³-hybridized carbons (Fsp3) is 0.143. The second kappa shape index (κ2) is 8.13. The van der Waals surface area contributed by atoms with Crippen LogP contribution in [0.3, 0.4) is 0 Å². The first-order valence-corrected chi connectivity index (χ1v) is 8.94. The van der Waals surface area contributed by atoms with Crippen LogP contribution in [-0.4, -0.2) is 17.5 Å². The van der Waals surface area contributed by atoms with Gasteiger partial charge in [-0.05, 0) is 35.9 Å². The monoisotopic (exact) mass is 420 g/mol. The Kier molecular flexibility index (Phi) is 5.79. The van der Waals surface area contributed by atoms with E-state index >= 15 is 0 Å². The summed E-state index contributed by atoms with van der Waals surface area (Å²) < 4.78 is 39.9. The SMILES string of the molecule is CN(C(=O)c1cc(Cl)c(=O)n(Cc2cccc(C(F)(F)F)c2)c1)c1ccccc1. The predicted molar refractivity (Wildman–Crippen MR) is 105 cm³/mol. The van der Waals surface area contributed by atoms with Crippen LogP contribution in [0.4, 0.5) is 18.9 Å². The number of alkyl halides is 3. The third-order valence-electron chi connectivity index (χ3n) is 4.34. The van der Waals surface area contributed by atoms with Crippen LogP contribution in [0, 0.1) is 0 Å². The van der Waals surface area contributed by atoms with E-state index in [4.69, 9.17) is 11.6 Å². The van der Waals surface area contributed by atoms with Gasteiger partial charge < -0.3 is 9.47 Å². The van der Waals surface area contributed by atoms with Crippen LogP contribution < -0.4 is 10.5 Å². The molecule has 3 rings (SSSR count). The van der Waals surface area contributed by atoms with Crippen molar-refractivity contribution in [1.29, 1.82) is 0 Å². The smallest absolute Gasteiger partial charge is 0.311 e. The Hall–Kier alpha value is -3.06. The van der Waals surface area contributed by atoms with E-state index in [1.54, 1.807) is 31.3 Å². The Balaban J connectivity index is 1.94. The Morgan fingerprint density at radius 1 is 1.07 bits per heavy atom. The van der Waals surface area contributed by atoms with Gasteiger partial charge in [-0.15, -0.1) is 0 Å². The summed E-state index contributed by atoms with van der Waals surface area (Å²) in [6, 6.07) is 14.8. The highest BCUT2D eigenvalue weighted by molar-refractivity contribution is 6.30. The lowest BCUT2D eigenvalue weighted by atomic mass is 10.1. The molecule has 8 heteroatoms. The highest BCUT2D eigenvalue weighted by Gasteiger charge is 2.30. The van der Waals surface area contributed by atoms with Crippen molar-refractivity contribution in [3.05, 3.63) is 98.9 Å². The molecule has 0 aliphatic heterocycles. The minimum Gasteiger partial charge on any atom is -0.311 e. The Bertz CT molecular complexity index is 1100. The van der Waals surface area contributed by atoms with Crippen LogP contribution in [0.25, 0.3) is 0 Å². The topological polar surface area (TPSA) is 42.3 Å². The van der Waals surface area contributed by atoms with Gasteiger partial charge in [0.1, 0.15) is 5.02 Å². The lowest BCUT2D eigenvalue weighted by Gasteiger charge is -2.18. The average molecular weight is 421 g/mol. The molecule has 0 aliphatic rings. The molecule has 0 saturated carbocycles. The van der Waals surface area contributed by atoms with Crippen molar-refractivity contribution in [3.8, 4) is 0 Å². The Labute approximate surface area is 169 Å². The fourth-order valence-electron chi connectivity index (χ4n) is 2.84. The van der Waals surface area contributed by atoms with Gasteiger partial charge in [-0.2, -0.15) is 13.2 Å². The molecule has 0 radical (unpaired) electrons. The molecule has 1 aromatic heterocycles. The molecule has 0 saturated heterocycles. The normalized spacial score (nSPS) is 11.3. The minimum atomic E-state index is -4.49. The molecule has 1 amide bonds. The molecule has 3 aromatic rings. The predicted octanol–water partition coefficient (Wildman–Crippen LogP) is 4.85. The highest BCUT2D eigenvalue weighted by Crippen LogP contribution is 2.29. The van der Waals surface area contributed by atoms with E-state index in [0.717, 1.165) is 16.7 Å². The van der Waals surface area contributed by atoms with Crippen molar-refractivity contribution < 1.29 is 18.0 Å². The zero-order valence-electron chi connectivity index (χ0n) is 15.3. The summed E-state index contributed by atoms with van der Waals surface area (Å²) in [4.78, 5) is 26.5. The first kappa shape index (κ1) is 20.7. The van der Waals surface area contributed by atoms with Gasteiger partial charge in [-0.1, -0.05) is 41.9 Å². The number of benzene rings is 2. The van der Waals surface area contributed by atoms with Gasteiger partial charge in [-0.3, -0.25) is 9.59 Å². The number of amides is 1. The molecule has 0 unspecified atom stereocenters. The van der Waals surface area contributed by atoms with Gasteiger partial charge in [0.25, 0.3) is 11.5 Å². The fourth-order valence-corrected chi connectivity index (χ4v) is 3.06. The maximum absolute atomic E-state index is 12.9. The summed E-state index contributed by atoms with van der Waals surface area (Å²) in [6.45, 7) is -0.154. The van der Waals surface area contributed by atoms with Crippen molar-refractivity contribution in [2.45, 2.75) is 12.7 Å². The van der Waals surface area contributed by atoms with Crippen molar-refractivity contribution in [1.82, 2.24) is 4.57 Å². The molecule has 150 valence electrons. The first-order chi connectivity index (χ1) is 13.7. The maximum atomic E-state index is 12.9. The van der Waals surface area contributed by atoms with Crippen LogP contribution in [0.1, 0.15) is 21.5 Å². The molecule has 2 aromatic carbocycles. The number of pyridine rings is 1. The maximum Gasteiger partial charge on any atom is 0.416 e. The molecular formula is C21H16ClF3N2O2. The van der Waals surface area contributed by atoms with Crippen LogP contribution in [-0.2, 0) is 12.7 Å². The minimum absolute atomic E-state index is 0.146. The van der Waals surface area contributed by atoms with E-state index in [1.165, 1.54) is 29.3 Å². The molecule has 0 fully saturated rings. The van der Waals surface area contributed by atoms with Crippen molar-refractivity contribution in [2.24, 2.45) is 0 Å². The number of para-hydroxylation sites is 1. The molecule has 1 heterocycles. The van der Waals surface area contributed by atoms with Crippen LogP contribution in [0.15, 0.2) is 71.7 Å². The summed E-state index contributed by atoms with van der Waals surface area (Å²) in [7, 11) is 1.58. The van der Waals surface area contributed by atoms with Gasteiger partial charge in [0.05, 0.1) is 17.7 Å². The number of hydrogen-bond acceptors (Lipinski definition) is 2. The molecule has 0 bridgehead atoms. The standard InChI is InChI=1S/C21H16ClF3N2O2/c1-26(17-8-3-2-4-9-17)19(28)15-11-18(22)20(29)27(13-15)12-14-6-5-7-16(10-14)21(23,24)25/h2-11,13H,12H2,1H3. The number of aromatic nitrogens is 1. The van der Waals surface area contributed by atoms with E-state index in [0.29, 0.717) is 5.69 Å². The molecule has 0 spiro atoms. The van der Waals surface area contributed by atoms with Gasteiger partial charge in [0, 0.05) is 18.9 Å². The molecular weight excluding hydrogens is 405 g/mol. The van der Waals surface area contributed by atoms with E-state index in [1.807, 2.05) is 6.07 Å². The lowest BCUT2D eigenvalue weighted by Crippen LogP contribution is -2.29. The Morgan fingerprint density at radius 2 is 1.76 bits per heavy atom. The lowest BCUT2D eigenvalue weighted by molar-refractivity contribution is -0.137. The number of anilines is 1. The third-order valence-corrected chi connectivity index (χ3v) is 4.62. The second-order valence-corrected chi connectivity index (χ2v) is 6.81. The van der Waals surface area contributed by atoms with E-state index in [2.05, 4.69) is 0 Å². The van der Waals surface area contributed by atoms with Gasteiger partial charge in [-0.25, -0.2) is 0 Å². The third kappa shape index (κ3) is 4.68. The second-order valence-electron chi connectivity index (χ2n) is 6.41. The number of carbonyl (C=O) groups is 1. The summed E-state index contributed by atoms with van der Waals surface area (Å²) >= 11 is 6.00. The largest absolute Gasteiger partial charge is 0.416 e. The highest BCUT2D eigenvalue weighted by atomic mass is 35.5. The quantitative estimate of drug-likeness (QED) is 0.605. The van der Waals surface area contributed by atoms with Gasteiger partial charge in [0.2, 0.25) is 0 Å². The van der Waals surface area contributed by atoms with Gasteiger partial charge in [0.15, 0.2) is 0 Å². The number of carbonyl (C=O) groups excluding carboxylic acids is 1. The van der Waals surface area contributed by atoms with Crippen molar-refractivity contribution >= 4 is 23.2 Å². The van der Waals surface area contributed by atoms with Crippen LogP contribution in [0.2, 0.25) is 5.02 Å². The molecule has 4 nitrogen and oxygen atoms in total. The average Bonchev–Trinajstić information content (AvgIpc) is 2.70. The van der Waals surface area contributed by atoms with Gasteiger partial charge >= 0.3 is 6.18 Å². The van der Waals surface area contributed by atoms with Crippen molar-refractivity contribution in [3.63, 3.8) is 0 Å². The summed E-state index contributed by atoms with van der Waals surface area (Å²) in [5.74, 6) is -0.407. The van der Waals surface area contributed by atoms with Crippen molar-refractivity contribution in [2.75, 3.05) is 11.9 Å². The number of hydrogen-bond donors (Lipinski definition) is 0. The van der Waals surface area contributed by atoms with Crippen LogP contribution in [0.5, 0.6) is 0 Å². The molecule has 29 heavy (non-hydrogen) atoms. The van der Waals surface area contributed by atoms with E-state index < -0.39 is 23.2 Å². The summed E-state index contributed by atoms with van der Waals surface area (Å²) in [5.41, 5.74) is -0.357. The molecule has 0 atom stereocenters.